The Balaban J connectivity index is 1.76. The van der Waals surface area contributed by atoms with Crippen molar-refractivity contribution in [2.75, 3.05) is 5.84 Å². The van der Waals surface area contributed by atoms with Gasteiger partial charge in [-0.3, -0.25) is 14.9 Å². The van der Waals surface area contributed by atoms with Crippen LogP contribution in [-0.2, 0) is 0 Å². The summed E-state index contributed by atoms with van der Waals surface area (Å²) >= 11 is 0. The van der Waals surface area contributed by atoms with Crippen LogP contribution >= 0.6 is 0 Å². The zero-order valence-corrected chi connectivity index (χ0v) is 16.7. The van der Waals surface area contributed by atoms with Crippen LogP contribution in [0.3, 0.4) is 0 Å². The van der Waals surface area contributed by atoms with Gasteiger partial charge in [0, 0.05) is 28.4 Å². The van der Waals surface area contributed by atoms with E-state index in [9.17, 15) is 13.6 Å². The molecule has 0 aliphatic heterocycles. The number of nitrogens with two attached hydrogens (primary N) is 1. The van der Waals surface area contributed by atoms with Crippen molar-refractivity contribution in [1.29, 1.82) is 0 Å². The molecule has 3 N–H and O–H groups in total. The lowest BCUT2D eigenvalue weighted by Gasteiger charge is -2.27. The van der Waals surface area contributed by atoms with E-state index in [1.807, 2.05) is 6.07 Å². The molecule has 0 unspecified atom stereocenters. The molecule has 160 valence electrons. The third-order valence-corrected chi connectivity index (χ3v) is 6.13. The van der Waals surface area contributed by atoms with E-state index >= 15 is 0 Å². The molecule has 0 bridgehead atoms. The maximum Gasteiger partial charge on any atom is 0.269 e. The second kappa shape index (κ2) is 6.74. The SMILES string of the molecule is Nn1c(=O)cc(-c2cc(F)c(F)c3[nH]ncc23)c2cc(OC3CCC3)c3ncccc3c21. The van der Waals surface area contributed by atoms with Crippen LogP contribution in [0.1, 0.15) is 19.3 Å². The summed E-state index contributed by atoms with van der Waals surface area (Å²) in [5, 5.41) is 7.90. The van der Waals surface area contributed by atoms with Gasteiger partial charge in [0.25, 0.3) is 5.56 Å². The summed E-state index contributed by atoms with van der Waals surface area (Å²) in [5.74, 6) is 4.64. The summed E-state index contributed by atoms with van der Waals surface area (Å²) in [6, 6.07) is 7.72. The Morgan fingerprint density at radius 1 is 1.12 bits per heavy atom. The summed E-state index contributed by atoms with van der Waals surface area (Å²) in [5.41, 5.74) is 1.18. The quantitative estimate of drug-likeness (QED) is 0.331. The number of rotatable bonds is 3. The van der Waals surface area contributed by atoms with Crippen LogP contribution in [0.2, 0.25) is 0 Å². The Bertz CT molecular complexity index is 1600. The van der Waals surface area contributed by atoms with Crippen molar-refractivity contribution in [3.05, 3.63) is 64.7 Å². The smallest absolute Gasteiger partial charge is 0.269 e. The lowest BCUT2D eigenvalue weighted by Crippen LogP contribution is -2.27. The number of aromatic amines is 1. The molecule has 32 heavy (non-hydrogen) atoms. The zero-order valence-electron chi connectivity index (χ0n) is 16.7. The topological polar surface area (TPSA) is 98.8 Å². The third-order valence-electron chi connectivity index (χ3n) is 6.13. The molecule has 0 amide bonds. The van der Waals surface area contributed by atoms with E-state index in [4.69, 9.17) is 10.6 Å². The minimum Gasteiger partial charge on any atom is -0.488 e. The number of pyridine rings is 2. The van der Waals surface area contributed by atoms with E-state index < -0.39 is 17.2 Å². The summed E-state index contributed by atoms with van der Waals surface area (Å²) < 4.78 is 36.0. The maximum atomic E-state index is 14.4. The highest BCUT2D eigenvalue weighted by Crippen LogP contribution is 2.40. The number of nitrogen functional groups attached to an aromatic ring is 1. The number of H-pyrrole nitrogens is 1. The summed E-state index contributed by atoms with van der Waals surface area (Å²) in [7, 11) is 0. The fraction of sp³-hybridized carbons (Fsp3) is 0.174. The Hall–Kier alpha value is -4.01. The van der Waals surface area contributed by atoms with Crippen LogP contribution in [-0.4, -0.2) is 26.0 Å². The average molecular weight is 433 g/mol. The second-order valence-corrected chi connectivity index (χ2v) is 7.99. The molecule has 3 heterocycles. The van der Waals surface area contributed by atoms with Gasteiger partial charge in [-0.2, -0.15) is 5.10 Å². The van der Waals surface area contributed by atoms with Crippen molar-refractivity contribution in [1.82, 2.24) is 19.9 Å². The van der Waals surface area contributed by atoms with E-state index in [-0.39, 0.29) is 11.6 Å². The Kier molecular flexibility index (Phi) is 3.95. The van der Waals surface area contributed by atoms with E-state index in [0.29, 0.717) is 44.1 Å². The van der Waals surface area contributed by atoms with Crippen molar-refractivity contribution in [3.8, 4) is 16.9 Å². The van der Waals surface area contributed by atoms with Crippen LogP contribution in [0.15, 0.2) is 47.5 Å². The molecule has 0 radical (unpaired) electrons. The van der Waals surface area contributed by atoms with Crippen molar-refractivity contribution < 1.29 is 13.5 Å². The van der Waals surface area contributed by atoms with Crippen LogP contribution in [0.25, 0.3) is 43.8 Å². The van der Waals surface area contributed by atoms with Gasteiger partial charge in [-0.15, -0.1) is 0 Å². The minimum atomic E-state index is -1.05. The summed E-state index contributed by atoms with van der Waals surface area (Å²) in [6.45, 7) is 0. The first-order valence-corrected chi connectivity index (χ1v) is 10.2. The maximum absolute atomic E-state index is 14.4. The Morgan fingerprint density at radius 3 is 2.72 bits per heavy atom. The Morgan fingerprint density at radius 2 is 1.94 bits per heavy atom. The molecule has 9 heteroatoms. The number of aromatic nitrogens is 4. The highest BCUT2D eigenvalue weighted by Gasteiger charge is 2.24. The molecule has 1 aliphatic carbocycles. The van der Waals surface area contributed by atoms with Gasteiger partial charge >= 0.3 is 0 Å². The summed E-state index contributed by atoms with van der Waals surface area (Å²) in [6.07, 6.45) is 6.15. The molecule has 2 aromatic carbocycles. The average Bonchev–Trinajstić information content (AvgIpc) is 3.26. The number of fused-ring (bicyclic) bond motifs is 4. The number of hydrogen-bond acceptors (Lipinski definition) is 5. The van der Waals surface area contributed by atoms with E-state index in [2.05, 4.69) is 15.2 Å². The van der Waals surface area contributed by atoms with Crippen molar-refractivity contribution >= 4 is 32.7 Å². The first kappa shape index (κ1) is 18.7. The van der Waals surface area contributed by atoms with Gasteiger partial charge in [0.05, 0.1) is 17.8 Å². The number of benzene rings is 2. The lowest BCUT2D eigenvalue weighted by molar-refractivity contribution is 0.122. The van der Waals surface area contributed by atoms with Crippen LogP contribution in [0, 0.1) is 11.6 Å². The molecular formula is C23H17F2N5O2. The molecule has 3 aromatic heterocycles. The van der Waals surface area contributed by atoms with Gasteiger partial charge in [-0.1, -0.05) is 0 Å². The predicted octanol–water partition coefficient (Wildman–Crippen LogP) is 4.02. The van der Waals surface area contributed by atoms with E-state index in [1.165, 1.54) is 12.3 Å². The van der Waals surface area contributed by atoms with Gasteiger partial charge in [0.15, 0.2) is 11.6 Å². The normalized spacial score (nSPS) is 14.3. The highest BCUT2D eigenvalue weighted by molar-refractivity contribution is 6.13. The minimum absolute atomic E-state index is 0.0709. The molecule has 0 atom stereocenters. The number of ether oxygens (including phenoxy) is 1. The predicted molar refractivity (Wildman–Crippen MR) is 117 cm³/mol. The number of halogens is 2. The largest absolute Gasteiger partial charge is 0.488 e. The molecule has 0 spiro atoms. The third kappa shape index (κ3) is 2.60. The van der Waals surface area contributed by atoms with Gasteiger partial charge in [-0.25, -0.2) is 13.5 Å². The molecule has 6 rings (SSSR count). The van der Waals surface area contributed by atoms with Crippen molar-refractivity contribution in [3.63, 3.8) is 0 Å². The van der Waals surface area contributed by atoms with Crippen LogP contribution in [0.5, 0.6) is 5.75 Å². The van der Waals surface area contributed by atoms with Crippen LogP contribution in [0.4, 0.5) is 8.78 Å². The zero-order chi connectivity index (χ0) is 22.0. The molecular weight excluding hydrogens is 416 g/mol. The lowest BCUT2D eigenvalue weighted by atomic mass is 9.95. The summed E-state index contributed by atoms with van der Waals surface area (Å²) in [4.78, 5) is 17.3. The first-order valence-electron chi connectivity index (χ1n) is 10.2. The van der Waals surface area contributed by atoms with Crippen molar-refractivity contribution in [2.45, 2.75) is 25.4 Å². The van der Waals surface area contributed by atoms with Crippen LogP contribution < -0.4 is 16.1 Å². The van der Waals surface area contributed by atoms with Gasteiger partial charge in [0.2, 0.25) is 0 Å². The number of nitrogens with one attached hydrogen (secondary N) is 1. The van der Waals surface area contributed by atoms with Crippen molar-refractivity contribution in [2.24, 2.45) is 0 Å². The fourth-order valence-electron chi connectivity index (χ4n) is 4.30. The standard InChI is InChI=1S/C23H17F2N5O2/c24-17-7-13(16-10-28-29-22(16)20(17)25)14-9-19(31)30(26)23-12-5-2-6-27-21(12)18(8-15(14)23)32-11-3-1-4-11/h2,5-11H,1,3-4,26H2,(H,28,29). The van der Waals surface area contributed by atoms with E-state index in [0.717, 1.165) is 30.0 Å². The fourth-order valence-corrected chi connectivity index (χ4v) is 4.30. The van der Waals surface area contributed by atoms with Gasteiger partial charge in [0.1, 0.15) is 16.8 Å². The number of hydrogen-bond donors (Lipinski definition) is 2. The molecule has 7 nitrogen and oxygen atoms in total. The van der Waals surface area contributed by atoms with E-state index in [1.54, 1.807) is 18.3 Å². The molecule has 1 aliphatic rings. The van der Waals surface area contributed by atoms with Gasteiger partial charge in [-0.05, 0) is 54.7 Å². The molecule has 1 fully saturated rings. The molecule has 5 aromatic rings. The first-order chi connectivity index (χ1) is 15.5. The monoisotopic (exact) mass is 433 g/mol. The molecule has 1 saturated carbocycles. The van der Waals surface area contributed by atoms with Gasteiger partial charge < -0.3 is 10.6 Å². The molecule has 0 saturated heterocycles. The number of nitrogens with zero attached hydrogens (tertiary/aromatic N) is 3. The highest BCUT2D eigenvalue weighted by atomic mass is 19.2. The Labute approximate surface area is 179 Å². The second-order valence-electron chi connectivity index (χ2n) is 7.99.